The SMILES string of the molecule is CNc1cc([N+](=O)[O-])cc(OCc2ccco2)n1. The van der Waals surface area contributed by atoms with Crippen molar-refractivity contribution in [3.63, 3.8) is 0 Å². The van der Waals surface area contributed by atoms with Gasteiger partial charge in [-0.25, -0.2) is 0 Å². The van der Waals surface area contributed by atoms with Gasteiger partial charge in [0, 0.05) is 7.05 Å². The van der Waals surface area contributed by atoms with Crippen LogP contribution < -0.4 is 10.1 Å². The van der Waals surface area contributed by atoms with Gasteiger partial charge in [-0.05, 0) is 12.1 Å². The number of anilines is 1. The van der Waals surface area contributed by atoms with E-state index in [1.165, 1.54) is 18.4 Å². The number of ether oxygens (including phenoxy) is 1. The van der Waals surface area contributed by atoms with E-state index in [-0.39, 0.29) is 18.2 Å². The zero-order valence-electron chi connectivity index (χ0n) is 9.62. The molecule has 2 rings (SSSR count). The maximum absolute atomic E-state index is 10.7. The van der Waals surface area contributed by atoms with E-state index in [0.717, 1.165) is 0 Å². The summed E-state index contributed by atoms with van der Waals surface area (Å²) in [7, 11) is 1.63. The van der Waals surface area contributed by atoms with Crippen LogP contribution in [-0.4, -0.2) is 17.0 Å². The highest BCUT2D eigenvalue weighted by Crippen LogP contribution is 2.22. The number of hydrogen-bond donors (Lipinski definition) is 1. The number of rotatable bonds is 5. The van der Waals surface area contributed by atoms with Gasteiger partial charge in [0.15, 0.2) is 0 Å². The molecule has 0 atom stereocenters. The molecule has 18 heavy (non-hydrogen) atoms. The van der Waals surface area contributed by atoms with Gasteiger partial charge in [0.2, 0.25) is 5.88 Å². The Kier molecular flexibility index (Phi) is 3.42. The lowest BCUT2D eigenvalue weighted by Gasteiger charge is -2.05. The molecule has 94 valence electrons. The summed E-state index contributed by atoms with van der Waals surface area (Å²) in [5.74, 6) is 1.16. The van der Waals surface area contributed by atoms with E-state index in [2.05, 4.69) is 10.3 Å². The lowest BCUT2D eigenvalue weighted by molar-refractivity contribution is -0.384. The summed E-state index contributed by atoms with van der Waals surface area (Å²) in [5, 5.41) is 13.5. The van der Waals surface area contributed by atoms with Crippen LogP contribution in [0.25, 0.3) is 0 Å². The number of hydrogen-bond acceptors (Lipinski definition) is 6. The highest BCUT2D eigenvalue weighted by Gasteiger charge is 2.11. The van der Waals surface area contributed by atoms with E-state index in [9.17, 15) is 10.1 Å². The van der Waals surface area contributed by atoms with Gasteiger partial charge in [-0.15, -0.1) is 0 Å². The molecule has 0 amide bonds. The van der Waals surface area contributed by atoms with E-state index in [1.807, 2.05) is 0 Å². The Morgan fingerprint density at radius 3 is 3.00 bits per heavy atom. The van der Waals surface area contributed by atoms with Crippen LogP contribution in [0.2, 0.25) is 0 Å². The molecule has 0 spiro atoms. The number of furan rings is 1. The van der Waals surface area contributed by atoms with Crippen LogP contribution in [0.1, 0.15) is 5.76 Å². The van der Waals surface area contributed by atoms with Crippen molar-refractivity contribution in [2.24, 2.45) is 0 Å². The fourth-order valence-corrected chi connectivity index (χ4v) is 1.34. The first-order valence-corrected chi connectivity index (χ1v) is 5.18. The summed E-state index contributed by atoms with van der Waals surface area (Å²) in [4.78, 5) is 14.3. The second-order valence-corrected chi connectivity index (χ2v) is 3.42. The second kappa shape index (κ2) is 5.17. The van der Waals surface area contributed by atoms with E-state index in [4.69, 9.17) is 9.15 Å². The standard InChI is InChI=1S/C11H11N3O4/c1-12-10-5-8(14(15)16)6-11(13-10)18-7-9-3-2-4-17-9/h2-6H,7H2,1H3,(H,12,13). The number of aromatic nitrogens is 1. The zero-order chi connectivity index (χ0) is 13.0. The van der Waals surface area contributed by atoms with Crippen LogP contribution in [0.3, 0.4) is 0 Å². The van der Waals surface area contributed by atoms with E-state index >= 15 is 0 Å². The van der Waals surface area contributed by atoms with Crippen LogP contribution in [-0.2, 0) is 6.61 Å². The van der Waals surface area contributed by atoms with Gasteiger partial charge in [-0.2, -0.15) is 4.98 Å². The summed E-state index contributed by atoms with van der Waals surface area (Å²) in [6.45, 7) is 0.171. The molecule has 0 fully saturated rings. The van der Waals surface area contributed by atoms with Gasteiger partial charge < -0.3 is 14.5 Å². The van der Waals surface area contributed by atoms with Crippen LogP contribution in [0.15, 0.2) is 34.9 Å². The summed E-state index contributed by atoms with van der Waals surface area (Å²) in [5.41, 5.74) is -0.0798. The van der Waals surface area contributed by atoms with Gasteiger partial charge in [0.25, 0.3) is 5.69 Å². The van der Waals surface area contributed by atoms with Gasteiger partial charge in [0.1, 0.15) is 18.2 Å². The normalized spacial score (nSPS) is 10.1. The summed E-state index contributed by atoms with van der Waals surface area (Å²) < 4.78 is 10.4. The maximum Gasteiger partial charge on any atom is 0.278 e. The Balaban J connectivity index is 2.16. The van der Waals surface area contributed by atoms with Gasteiger partial charge >= 0.3 is 0 Å². The van der Waals surface area contributed by atoms with Gasteiger partial charge in [0.05, 0.1) is 23.3 Å². The molecular formula is C11H11N3O4. The first-order chi connectivity index (χ1) is 8.69. The molecule has 7 nitrogen and oxygen atoms in total. The molecule has 0 saturated heterocycles. The Morgan fingerprint density at radius 1 is 1.56 bits per heavy atom. The van der Waals surface area contributed by atoms with Crippen molar-refractivity contribution in [1.29, 1.82) is 0 Å². The first-order valence-electron chi connectivity index (χ1n) is 5.18. The van der Waals surface area contributed by atoms with Crippen molar-refractivity contribution in [2.45, 2.75) is 6.61 Å². The minimum atomic E-state index is -0.498. The molecule has 0 radical (unpaired) electrons. The highest BCUT2D eigenvalue weighted by atomic mass is 16.6. The molecular weight excluding hydrogens is 238 g/mol. The molecule has 1 N–H and O–H groups in total. The molecule has 0 aliphatic carbocycles. The number of nitrogens with zero attached hydrogens (tertiary/aromatic N) is 2. The number of nitrogens with one attached hydrogen (secondary N) is 1. The third kappa shape index (κ3) is 2.76. The average Bonchev–Trinajstić information content (AvgIpc) is 2.89. The van der Waals surface area contributed by atoms with E-state index in [1.54, 1.807) is 19.2 Å². The molecule has 2 aromatic heterocycles. The minimum absolute atomic E-state index is 0.0798. The molecule has 2 aromatic rings. The largest absolute Gasteiger partial charge is 0.469 e. The number of pyridine rings is 1. The lowest BCUT2D eigenvalue weighted by Crippen LogP contribution is -2.01. The fourth-order valence-electron chi connectivity index (χ4n) is 1.34. The minimum Gasteiger partial charge on any atom is -0.469 e. The number of nitro groups is 1. The Morgan fingerprint density at radius 2 is 2.39 bits per heavy atom. The summed E-state index contributed by atoms with van der Waals surface area (Å²) in [6, 6.07) is 6.08. The maximum atomic E-state index is 10.7. The molecule has 0 unspecified atom stereocenters. The zero-order valence-corrected chi connectivity index (χ0v) is 9.62. The van der Waals surface area contributed by atoms with Crippen molar-refractivity contribution < 1.29 is 14.1 Å². The smallest absolute Gasteiger partial charge is 0.278 e. The predicted octanol–water partition coefficient (Wildman–Crippen LogP) is 2.20. The molecule has 0 aromatic carbocycles. The Hall–Kier alpha value is -2.57. The first kappa shape index (κ1) is 11.9. The molecule has 0 bridgehead atoms. The van der Waals surface area contributed by atoms with E-state index < -0.39 is 4.92 Å². The third-order valence-corrected chi connectivity index (χ3v) is 2.20. The average molecular weight is 249 g/mol. The van der Waals surface area contributed by atoms with Crippen LogP contribution in [0.5, 0.6) is 5.88 Å². The topological polar surface area (TPSA) is 90.4 Å². The molecule has 2 heterocycles. The lowest BCUT2D eigenvalue weighted by atomic mass is 10.4. The Bertz CT molecular complexity index is 539. The van der Waals surface area contributed by atoms with Crippen molar-refractivity contribution in [1.82, 2.24) is 4.98 Å². The van der Waals surface area contributed by atoms with Crippen molar-refractivity contribution in [3.05, 3.63) is 46.4 Å². The monoisotopic (exact) mass is 249 g/mol. The Labute approximate surface area is 103 Å². The van der Waals surface area contributed by atoms with Gasteiger partial charge in [-0.1, -0.05) is 0 Å². The predicted molar refractivity (Wildman–Crippen MR) is 63.5 cm³/mol. The highest BCUT2D eigenvalue weighted by molar-refractivity contribution is 5.47. The third-order valence-electron chi connectivity index (χ3n) is 2.20. The van der Waals surface area contributed by atoms with Crippen molar-refractivity contribution in [2.75, 3.05) is 12.4 Å². The van der Waals surface area contributed by atoms with Crippen molar-refractivity contribution in [3.8, 4) is 5.88 Å². The summed E-state index contributed by atoms with van der Waals surface area (Å²) >= 11 is 0. The van der Waals surface area contributed by atoms with Crippen LogP contribution >= 0.6 is 0 Å². The molecule has 0 saturated carbocycles. The quantitative estimate of drug-likeness (QED) is 0.645. The van der Waals surface area contributed by atoms with Crippen LogP contribution in [0, 0.1) is 10.1 Å². The second-order valence-electron chi connectivity index (χ2n) is 3.42. The molecule has 0 aliphatic heterocycles. The van der Waals surface area contributed by atoms with Crippen molar-refractivity contribution >= 4 is 11.5 Å². The molecule has 7 heteroatoms. The molecule has 0 aliphatic rings. The van der Waals surface area contributed by atoms with Gasteiger partial charge in [-0.3, -0.25) is 10.1 Å². The fraction of sp³-hybridized carbons (Fsp3) is 0.182. The van der Waals surface area contributed by atoms with Crippen LogP contribution in [0.4, 0.5) is 11.5 Å². The van der Waals surface area contributed by atoms with E-state index in [0.29, 0.717) is 11.6 Å². The summed E-state index contributed by atoms with van der Waals surface area (Å²) in [6.07, 6.45) is 1.53.